The molecule has 0 nitrogen and oxygen atoms in total. The summed E-state index contributed by atoms with van der Waals surface area (Å²) in [6, 6.07) is 14.2. The van der Waals surface area contributed by atoms with Crippen molar-refractivity contribution in [2.24, 2.45) is 0 Å². The van der Waals surface area contributed by atoms with E-state index < -0.39 is 16.1 Å². The van der Waals surface area contributed by atoms with Gasteiger partial charge in [0.05, 0.1) is 0 Å². The number of rotatable bonds is 12. The lowest BCUT2D eigenvalue weighted by molar-refractivity contribution is 0.401. The third-order valence-corrected chi connectivity index (χ3v) is 10.4. The highest BCUT2D eigenvalue weighted by Gasteiger charge is 2.42. The smallest absolute Gasteiger partial charge is 0.127 e. The molecule has 210 valence electrons. The van der Waals surface area contributed by atoms with Crippen molar-refractivity contribution in [1.82, 2.24) is 0 Å². The van der Waals surface area contributed by atoms with Gasteiger partial charge in [-0.3, -0.25) is 0 Å². The number of hydrogen-bond donors (Lipinski definition) is 0. The van der Waals surface area contributed by atoms with E-state index in [1.807, 2.05) is 0 Å². The van der Waals surface area contributed by atoms with Gasteiger partial charge in [-0.05, 0) is 72.2 Å². The molecule has 0 fully saturated rings. The summed E-state index contributed by atoms with van der Waals surface area (Å²) in [6.07, 6.45) is 12.7. The van der Waals surface area contributed by atoms with Crippen LogP contribution in [0.15, 0.2) is 36.4 Å². The molecule has 0 saturated carbocycles. The summed E-state index contributed by atoms with van der Waals surface area (Å²) in [6.45, 7) is 14.0. The van der Waals surface area contributed by atoms with Crippen molar-refractivity contribution < 1.29 is 0 Å². The van der Waals surface area contributed by atoms with Gasteiger partial charge in [-0.2, -0.15) is 0 Å². The molecule has 2 aromatic rings. The second kappa shape index (κ2) is 14.7. The van der Waals surface area contributed by atoms with E-state index in [-0.39, 0.29) is 5.41 Å². The molecule has 0 N–H and O–H groups in total. The standard InChI is InChI=1S/C35H48Br2Si2/c1-38(2,3)25-19-29-15-17-31-32-18-16-30(20-26-39(4,5)6)28-34(32)35(33(31)27-29,21-11-7-9-13-23-36)22-12-8-10-14-24-37/h15-18,27-28H,7-14,21-24H2,1-6H3. The molecule has 0 saturated heterocycles. The molecule has 4 heteroatoms. The van der Waals surface area contributed by atoms with Crippen molar-refractivity contribution >= 4 is 48.0 Å². The maximum absolute atomic E-state index is 3.63. The molecule has 0 atom stereocenters. The maximum atomic E-state index is 3.63. The Morgan fingerprint density at radius 1 is 0.564 bits per heavy atom. The summed E-state index contributed by atoms with van der Waals surface area (Å²) in [5, 5.41) is 2.21. The lowest BCUT2D eigenvalue weighted by atomic mass is 9.70. The Labute approximate surface area is 258 Å². The summed E-state index contributed by atoms with van der Waals surface area (Å²) >= 11 is 7.25. The summed E-state index contributed by atoms with van der Waals surface area (Å²) in [5.74, 6) is 7.16. The Hall–Kier alpha value is -1.05. The van der Waals surface area contributed by atoms with E-state index in [4.69, 9.17) is 0 Å². The minimum absolute atomic E-state index is 0.0567. The van der Waals surface area contributed by atoms with Crippen molar-refractivity contribution in [3.05, 3.63) is 58.7 Å². The Morgan fingerprint density at radius 2 is 0.949 bits per heavy atom. The van der Waals surface area contributed by atoms with Crippen molar-refractivity contribution in [2.45, 2.75) is 109 Å². The average molecular weight is 685 g/mol. The number of fused-ring (bicyclic) bond motifs is 3. The Bertz CT molecular complexity index is 1130. The van der Waals surface area contributed by atoms with Crippen LogP contribution in [0.2, 0.25) is 39.3 Å². The lowest BCUT2D eigenvalue weighted by Crippen LogP contribution is -2.26. The molecule has 0 spiro atoms. The van der Waals surface area contributed by atoms with Gasteiger partial charge >= 0.3 is 0 Å². The third-order valence-electron chi connectivity index (χ3n) is 7.50. The number of alkyl halides is 2. The molecule has 0 aliphatic heterocycles. The van der Waals surface area contributed by atoms with Crippen LogP contribution in [-0.4, -0.2) is 26.8 Å². The molecule has 1 aliphatic carbocycles. The zero-order valence-corrected chi connectivity index (χ0v) is 30.4. The molecule has 0 amide bonds. The number of benzene rings is 2. The maximum Gasteiger partial charge on any atom is 0.129 e. The zero-order valence-electron chi connectivity index (χ0n) is 25.2. The van der Waals surface area contributed by atoms with Crippen LogP contribution in [0, 0.1) is 22.9 Å². The van der Waals surface area contributed by atoms with Crippen LogP contribution in [0.3, 0.4) is 0 Å². The fourth-order valence-corrected chi connectivity index (χ4v) is 7.42. The van der Waals surface area contributed by atoms with Crippen LogP contribution in [0.5, 0.6) is 0 Å². The SMILES string of the molecule is C[Si](C)(C)C#Cc1ccc2c(c1)C(CCCCCCBr)(CCCCCCBr)c1cc(C#C[Si](C)(C)C)ccc1-2. The molecular formula is C35H48Br2Si2. The first-order valence-corrected chi connectivity index (χ1v) is 24.2. The molecule has 3 rings (SSSR count). The predicted molar refractivity (Wildman–Crippen MR) is 187 cm³/mol. The van der Waals surface area contributed by atoms with Crippen LogP contribution in [0.4, 0.5) is 0 Å². The van der Waals surface area contributed by atoms with Gasteiger partial charge in [0.15, 0.2) is 0 Å². The molecule has 0 bridgehead atoms. The first-order chi connectivity index (χ1) is 18.5. The largest absolute Gasteiger partial charge is 0.129 e. The quantitative estimate of drug-likeness (QED) is 0.0904. The van der Waals surface area contributed by atoms with Crippen molar-refractivity contribution in [2.75, 3.05) is 10.7 Å². The van der Waals surface area contributed by atoms with Crippen molar-refractivity contribution in [3.8, 4) is 34.1 Å². The van der Waals surface area contributed by atoms with Crippen LogP contribution >= 0.6 is 31.9 Å². The van der Waals surface area contributed by atoms with Gasteiger partial charge in [0.25, 0.3) is 0 Å². The van der Waals surface area contributed by atoms with Gasteiger partial charge in [0, 0.05) is 27.2 Å². The van der Waals surface area contributed by atoms with E-state index in [0.29, 0.717) is 0 Å². The first kappa shape index (κ1) is 32.5. The van der Waals surface area contributed by atoms with Crippen molar-refractivity contribution in [3.63, 3.8) is 0 Å². The third kappa shape index (κ3) is 9.50. The molecule has 39 heavy (non-hydrogen) atoms. The Morgan fingerprint density at radius 3 is 1.31 bits per heavy atom. The Balaban J connectivity index is 2.12. The van der Waals surface area contributed by atoms with Gasteiger partial charge in [-0.15, -0.1) is 11.1 Å². The summed E-state index contributed by atoms with van der Waals surface area (Å²) in [7, 11) is -2.89. The Kier molecular flexibility index (Phi) is 12.3. The highest BCUT2D eigenvalue weighted by molar-refractivity contribution is 9.09. The topological polar surface area (TPSA) is 0 Å². The zero-order chi connectivity index (χ0) is 28.5. The molecule has 0 aromatic heterocycles. The minimum atomic E-state index is -1.45. The van der Waals surface area contributed by atoms with Gasteiger partial charge in [0.1, 0.15) is 16.1 Å². The molecule has 2 aromatic carbocycles. The van der Waals surface area contributed by atoms with Gasteiger partial charge in [-0.25, -0.2) is 0 Å². The van der Waals surface area contributed by atoms with Gasteiger partial charge in [0.2, 0.25) is 0 Å². The summed E-state index contributed by atoms with van der Waals surface area (Å²) in [5.41, 5.74) is 15.6. The average Bonchev–Trinajstić information content (AvgIpc) is 3.14. The first-order valence-electron chi connectivity index (χ1n) is 15.0. The van der Waals surface area contributed by atoms with Crippen LogP contribution in [0.1, 0.15) is 86.5 Å². The van der Waals surface area contributed by atoms with E-state index in [0.717, 1.165) is 10.7 Å². The van der Waals surface area contributed by atoms with Gasteiger partial charge < -0.3 is 0 Å². The fraction of sp³-hybridized carbons (Fsp3) is 0.543. The molecule has 0 unspecified atom stereocenters. The van der Waals surface area contributed by atoms with E-state index in [1.54, 1.807) is 0 Å². The van der Waals surface area contributed by atoms with E-state index >= 15 is 0 Å². The van der Waals surface area contributed by atoms with Crippen LogP contribution in [-0.2, 0) is 5.41 Å². The second-order valence-electron chi connectivity index (χ2n) is 13.3. The van der Waals surface area contributed by atoms with Crippen LogP contribution < -0.4 is 0 Å². The minimum Gasteiger partial charge on any atom is -0.127 e. The van der Waals surface area contributed by atoms with E-state index in [2.05, 4.69) is 130 Å². The fourth-order valence-electron chi connectivity index (χ4n) is 5.58. The lowest BCUT2D eigenvalue weighted by Gasteiger charge is -2.33. The van der Waals surface area contributed by atoms with E-state index in [9.17, 15) is 0 Å². The van der Waals surface area contributed by atoms with Crippen LogP contribution in [0.25, 0.3) is 11.1 Å². The predicted octanol–water partition coefficient (Wildman–Crippen LogP) is 11.1. The van der Waals surface area contributed by atoms with Gasteiger partial charge in [-0.1, -0.05) is 134 Å². The highest BCUT2D eigenvalue weighted by atomic mass is 79.9. The second-order valence-corrected chi connectivity index (χ2v) is 24.4. The summed E-state index contributed by atoms with van der Waals surface area (Å²) in [4.78, 5) is 0. The molecule has 1 aliphatic rings. The number of hydrogen-bond acceptors (Lipinski definition) is 0. The molecule has 0 radical (unpaired) electrons. The molecule has 0 heterocycles. The monoisotopic (exact) mass is 682 g/mol. The summed E-state index contributed by atoms with van der Waals surface area (Å²) < 4.78 is 0. The van der Waals surface area contributed by atoms with E-state index in [1.165, 1.54) is 97.6 Å². The number of unbranched alkanes of at least 4 members (excludes halogenated alkanes) is 6. The molecular weight excluding hydrogens is 636 g/mol. The normalized spacial score (nSPS) is 13.6. The number of halogens is 2. The highest BCUT2D eigenvalue weighted by Crippen LogP contribution is 2.54. The van der Waals surface area contributed by atoms with Crippen molar-refractivity contribution in [1.29, 1.82) is 0 Å².